The molecule has 0 bridgehead atoms. The molecule has 20 heavy (non-hydrogen) atoms. The maximum Gasteiger partial charge on any atom is 0.0825 e. The van der Waals surface area contributed by atoms with E-state index in [1.54, 1.807) is 0 Å². The van der Waals surface area contributed by atoms with Crippen molar-refractivity contribution in [3.05, 3.63) is 71.3 Å². The van der Waals surface area contributed by atoms with Crippen molar-refractivity contribution >= 4 is 0 Å². The average molecular weight is 266 g/mol. The maximum atomic E-state index is 6.10. The van der Waals surface area contributed by atoms with Crippen LogP contribution < -0.4 is 0 Å². The first kappa shape index (κ1) is 13.4. The van der Waals surface area contributed by atoms with Crippen LogP contribution in [0.2, 0.25) is 0 Å². The van der Waals surface area contributed by atoms with Crippen molar-refractivity contribution in [1.29, 1.82) is 0 Å². The van der Waals surface area contributed by atoms with E-state index in [1.807, 2.05) is 0 Å². The third kappa shape index (κ3) is 2.94. The van der Waals surface area contributed by atoms with E-state index >= 15 is 0 Å². The molecule has 0 aromatic heterocycles. The zero-order valence-electron chi connectivity index (χ0n) is 12.1. The van der Waals surface area contributed by atoms with Crippen LogP contribution in [0.15, 0.2) is 54.6 Å². The summed E-state index contributed by atoms with van der Waals surface area (Å²) in [6, 6.07) is 19.6. The van der Waals surface area contributed by atoms with E-state index in [9.17, 15) is 0 Å². The van der Waals surface area contributed by atoms with Crippen LogP contribution in [0.3, 0.4) is 0 Å². The van der Waals surface area contributed by atoms with E-state index in [1.165, 1.54) is 23.1 Å². The molecule has 1 aliphatic heterocycles. The summed E-state index contributed by atoms with van der Waals surface area (Å²) in [5, 5.41) is 0. The molecule has 2 atom stereocenters. The monoisotopic (exact) mass is 266 g/mol. The van der Waals surface area contributed by atoms with Gasteiger partial charge < -0.3 is 4.74 Å². The lowest BCUT2D eigenvalue weighted by Crippen LogP contribution is -2.19. The molecule has 1 saturated heterocycles. The minimum atomic E-state index is 0.279. The standard InChI is InChI=1S/C19H22O/c1-2-15-8-10-17(11-9-15)19-13-12-18(14-20-19)16-6-4-3-5-7-16/h3-11,18-19H,2,12-14H2,1H3. The predicted molar refractivity (Wildman–Crippen MR) is 82.9 cm³/mol. The normalized spacial score (nSPS) is 22.6. The Balaban J connectivity index is 1.63. The van der Waals surface area contributed by atoms with Crippen molar-refractivity contribution in [1.82, 2.24) is 0 Å². The van der Waals surface area contributed by atoms with Gasteiger partial charge in [-0.2, -0.15) is 0 Å². The molecular weight excluding hydrogens is 244 g/mol. The van der Waals surface area contributed by atoms with E-state index in [4.69, 9.17) is 4.74 Å². The highest BCUT2D eigenvalue weighted by Crippen LogP contribution is 2.35. The van der Waals surface area contributed by atoms with Crippen LogP contribution in [0.1, 0.15) is 48.5 Å². The fraction of sp³-hybridized carbons (Fsp3) is 0.368. The third-order valence-corrected chi connectivity index (χ3v) is 4.31. The molecule has 0 saturated carbocycles. The molecule has 1 heteroatoms. The van der Waals surface area contributed by atoms with Gasteiger partial charge in [-0.05, 0) is 36.0 Å². The van der Waals surface area contributed by atoms with Crippen LogP contribution in [0.25, 0.3) is 0 Å². The largest absolute Gasteiger partial charge is 0.373 e. The fourth-order valence-electron chi connectivity index (χ4n) is 2.97. The van der Waals surface area contributed by atoms with Crippen molar-refractivity contribution in [3.8, 4) is 0 Å². The second-order valence-electron chi connectivity index (χ2n) is 5.60. The first-order valence-corrected chi connectivity index (χ1v) is 7.62. The lowest BCUT2D eigenvalue weighted by Gasteiger charge is -2.29. The number of benzene rings is 2. The summed E-state index contributed by atoms with van der Waals surface area (Å²) in [6.45, 7) is 3.03. The average Bonchev–Trinajstić information content (AvgIpc) is 2.56. The summed E-state index contributed by atoms with van der Waals surface area (Å²) in [5.41, 5.74) is 4.13. The zero-order chi connectivity index (χ0) is 13.8. The molecule has 104 valence electrons. The van der Waals surface area contributed by atoms with Gasteiger partial charge in [0, 0.05) is 5.92 Å². The smallest absolute Gasteiger partial charge is 0.0825 e. The van der Waals surface area contributed by atoms with Gasteiger partial charge in [0.25, 0.3) is 0 Å². The van der Waals surface area contributed by atoms with Crippen LogP contribution in [0.5, 0.6) is 0 Å². The Morgan fingerprint density at radius 1 is 0.900 bits per heavy atom. The molecular formula is C19H22O. The topological polar surface area (TPSA) is 9.23 Å². The van der Waals surface area contributed by atoms with Gasteiger partial charge in [-0.15, -0.1) is 0 Å². The summed E-state index contributed by atoms with van der Waals surface area (Å²) in [7, 11) is 0. The Kier molecular flexibility index (Phi) is 4.17. The quantitative estimate of drug-likeness (QED) is 0.769. The molecule has 0 amide bonds. The van der Waals surface area contributed by atoms with Gasteiger partial charge in [0.2, 0.25) is 0 Å². The maximum absolute atomic E-state index is 6.10. The number of ether oxygens (including phenoxy) is 1. The van der Waals surface area contributed by atoms with Gasteiger partial charge in [0.05, 0.1) is 12.7 Å². The summed E-state index contributed by atoms with van der Waals surface area (Å²) >= 11 is 0. The van der Waals surface area contributed by atoms with E-state index in [-0.39, 0.29) is 6.10 Å². The Morgan fingerprint density at radius 3 is 2.25 bits per heavy atom. The van der Waals surface area contributed by atoms with Crippen LogP contribution >= 0.6 is 0 Å². The molecule has 2 aromatic rings. The highest BCUT2D eigenvalue weighted by molar-refractivity contribution is 5.25. The van der Waals surface area contributed by atoms with Crippen molar-refractivity contribution in [2.24, 2.45) is 0 Å². The van der Waals surface area contributed by atoms with E-state index in [0.717, 1.165) is 19.4 Å². The fourth-order valence-corrected chi connectivity index (χ4v) is 2.97. The van der Waals surface area contributed by atoms with Gasteiger partial charge in [-0.25, -0.2) is 0 Å². The minimum absolute atomic E-state index is 0.279. The van der Waals surface area contributed by atoms with Crippen LogP contribution in [-0.4, -0.2) is 6.61 Å². The number of hydrogen-bond donors (Lipinski definition) is 0. The van der Waals surface area contributed by atoms with Crippen LogP contribution in [0, 0.1) is 0 Å². The van der Waals surface area contributed by atoms with Crippen molar-refractivity contribution < 1.29 is 4.74 Å². The molecule has 2 aromatic carbocycles. The van der Waals surface area contributed by atoms with E-state index < -0.39 is 0 Å². The predicted octanol–water partition coefficient (Wildman–Crippen LogP) is 4.88. The van der Waals surface area contributed by atoms with Crippen molar-refractivity contribution in [2.75, 3.05) is 6.61 Å². The summed E-state index contributed by atoms with van der Waals surface area (Å²) < 4.78 is 6.10. The molecule has 3 rings (SSSR count). The summed E-state index contributed by atoms with van der Waals surface area (Å²) in [6.07, 6.45) is 3.71. The van der Waals surface area contributed by atoms with Crippen LogP contribution in [0.4, 0.5) is 0 Å². The van der Waals surface area contributed by atoms with Gasteiger partial charge >= 0.3 is 0 Å². The Hall–Kier alpha value is -1.60. The number of aryl methyl sites for hydroxylation is 1. The Labute approximate surface area is 121 Å². The molecule has 2 unspecified atom stereocenters. The summed E-state index contributed by atoms with van der Waals surface area (Å²) in [5.74, 6) is 0.558. The molecule has 1 fully saturated rings. The highest BCUT2D eigenvalue weighted by atomic mass is 16.5. The minimum Gasteiger partial charge on any atom is -0.373 e. The Bertz CT molecular complexity index is 521. The third-order valence-electron chi connectivity index (χ3n) is 4.31. The molecule has 0 radical (unpaired) electrons. The number of hydrogen-bond acceptors (Lipinski definition) is 1. The molecule has 1 nitrogen and oxygen atoms in total. The van der Waals surface area contributed by atoms with Gasteiger partial charge in [-0.1, -0.05) is 61.5 Å². The molecule has 1 heterocycles. The zero-order valence-corrected chi connectivity index (χ0v) is 12.1. The second kappa shape index (κ2) is 6.23. The van der Waals surface area contributed by atoms with E-state index in [2.05, 4.69) is 61.5 Å². The second-order valence-corrected chi connectivity index (χ2v) is 5.60. The van der Waals surface area contributed by atoms with Crippen molar-refractivity contribution in [2.45, 2.75) is 38.2 Å². The number of rotatable bonds is 3. The van der Waals surface area contributed by atoms with Gasteiger partial charge in [0.1, 0.15) is 0 Å². The lowest BCUT2D eigenvalue weighted by molar-refractivity contribution is 0.00237. The highest BCUT2D eigenvalue weighted by Gasteiger charge is 2.23. The first-order chi connectivity index (χ1) is 9.86. The molecule has 0 N–H and O–H groups in total. The van der Waals surface area contributed by atoms with Gasteiger partial charge in [0.15, 0.2) is 0 Å². The summed E-state index contributed by atoms with van der Waals surface area (Å²) in [4.78, 5) is 0. The van der Waals surface area contributed by atoms with Crippen molar-refractivity contribution in [3.63, 3.8) is 0 Å². The van der Waals surface area contributed by atoms with E-state index in [0.29, 0.717) is 5.92 Å². The first-order valence-electron chi connectivity index (χ1n) is 7.62. The van der Waals surface area contributed by atoms with Gasteiger partial charge in [-0.3, -0.25) is 0 Å². The molecule has 0 aliphatic carbocycles. The van der Waals surface area contributed by atoms with Crippen LogP contribution in [-0.2, 0) is 11.2 Å². The lowest BCUT2D eigenvalue weighted by atomic mass is 9.89. The SMILES string of the molecule is CCc1ccc(C2CCC(c3ccccc3)CO2)cc1. The molecule has 0 spiro atoms. The molecule has 1 aliphatic rings. The Morgan fingerprint density at radius 2 is 1.65 bits per heavy atom.